The number of nitrogens with zero attached hydrogens (tertiary/aromatic N) is 4. The van der Waals surface area contributed by atoms with Gasteiger partial charge in [0.1, 0.15) is 0 Å². The van der Waals surface area contributed by atoms with Crippen LogP contribution in [-0.4, -0.2) is 19.7 Å². The molecule has 0 amide bonds. The van der Waals surface area contributed by atoms with Crippen molar-refractivity contribution in [2.45, 2.75) is 0 Å². The normalized spacial score (nSPS) is 10.7. The first-order chi connectivity index (χ1) is 11.8. The van der Waals surface area contributed by atoms with E-state index in [0.717, 1.165) is 11.3 Å². The molecule has 0 saturated heterocycles. The maximum absolute atomic E-state index is 12.3. The third-order valence-electron chi connectivity index (χ3n) is 3.74. The second-order valence-electron chi connectivity index (χ2n) is 5.25. The van der Waals surface area contributed by atoms with Gasteiger partial charge in [0.05, 0.1) is 5.69 Å². The molecule has 5 heteroatoms. The minimum absolute atomic E-state index is 0.0835. The number of pyridine rings is 1. The number of benzene rings is 2. The highest BCUT2D eigenvalue weighted by atomic mass is 16.3. The minimum Gasteiger partial charge on any atom is -0.872 e. The SMILES string of the molecule is [O-]c1ccccc1-c1nnc(-c2ccccc2)n1-c1ccncc1. The summed E-state index contributed by atoms with van der Waals surface area (Å²) in [4.78, 5) is 4.06. The largest absolute Gasteiger partial charge is 0.872 e. The lowest BCUT2D eigenvalue weighted by Gasteiger charge is -2.15. The van der Waals surface area contributed by atoms with Gasteiger partial charge in [-0.2, -0.15) is 0 Å². The third-order valence-corrected chi connectivity index (χ3v) is 3.74. The van der Waals surface area contributed by atoms with Crippen LogP contribution < -0.4 is 5.11 Å². The summed E-state index contributed by atoms with van der Waals surface area (Å²) in [6.07, 6.45) is 3.41. The lowest BCUT2D eigenvalue weighted by molar-refractivity contribution is -0.267. The Morgan fingerprint density at radius 1 is 0.708 bits per heavy atom. The van der Waals surface area contributed by atoms with Gasteiger partial charge in [-0.05, 0) is 12.1 Å². The van der Waals surface area contributed by atoms with E-state index in [0.29, 0.717) is 17.2 Å². The zero-order valence-electron chi connectivity index (χ0n) is 12.7. The van der Waals surface area contributed by atoms with Gasteiger partial charge in [0.15, 0.2) is 11.6 Å². The Balaban J connectivity index is 2.00. The van der Waals surface area contributed by atoms with Crippen LogP contribution in [-0.2, 0) is 0 Å². The minimum atomic E-state index is -0.0835. The Hall–Kier alpha value is -3.47. The zero-order valence-corrected chi connectivity index (χ0v) is 12.7. The fourth-order valence-electron chi connectivity index (χ4n) is 2.62. The standard InChI is InChI=1S/C19H14N4O/c24-17-9-5-4-8-16(17)19-22-21-18(14-6-2-1-3-7-14)23(19)15-10-12-20-13-11-15/h1-13,24H/p-1. The van der Waals surface area contributed by atoms with E-state index in [1.807, 2.05) is 53.1 Å². The Morgan fingerprint density at radius 2 is 1.38 bits per heavy atom. The van der Waals surface area contributed by atoms with Crippen molar-refractivity contribution in [1.29, 1.82) is 0 Å². The van der Waals surface area contributed by atoms with Crippen molar-refractivity contribution in [2.24, 2.45) is 0 Å². The third kappa shape index (κ3) is 2.42. The first-order valence-corrected chi connectivity index (χ1v) is 7.52. The van der Waals surface area contributed by atoms with Crippen LogP contribution in [0.2, 0.25) is 0 Å². The van der Waals surface area contributed by atoms with Gasteiger partial charge in [-0.25, -0.2) is 0 Å². The fourth-order valence-corrected chi connectivity index (χ4v) is 2.62. The summed E-state index contributed by atoms with van der Waals surface area (Å²) in [5.41, 5.74) is 2.30. The molecule has 4 rings (SSSR count). The molecule has 0 N–H and O–H groups in total. The topological polar surface area (TPSA) is 66.7 Å². The van der Waals surface area contributed by atoms with E-state index in [2.05, 4.69) is 15.2 Å². The molecule has 2 aromatic heterocycles. The first-order valence-electron chi connectivity index (χ1n) is 7.52. The average Bonchev–Trinajstić information content (AvgIpc) is 3.08. The summed E-state index contributed by atoms with van der Waals surface area (Å²) in [5.74, 6) is 1.12. The van der Waals surface area contributed by atoms with Gasteiger partial charge in [-0.15, -0.1) is 10.2 Å². The molecule has 5 nitrogen and oxygen atoms in total. The number of hydrogen-bond acceptors (Lipinski definition) is 4. The molecule has 4 aromatic rings. The molecule has 2 heterocycles. The maximum atomic E-state index is 12.3. The predicted molar refractivity (Wildman–Crippen MR) is 89.5 cm³/mol. The van der Waals surface area contributed by atoms with E-state index in [9.17, 15) is 5.11 Å². The fraction of sp³-hybridized carbons (Fsp3) is 0. The maximum Gasteiger partial charge on any atom is 0.168 e. The lowest BCUT2D eigenvalue weighted by Crippen LogP contribution is -2.02. The van der Waals surface area contributed by atoms with Crippen molar-refractivity contribution < 1.29 is 5.11 Å². The van der Waals surface area contributed by atoms with E-state index in [-0.39, 0.29) is 5.75 Å². The molecule has 0 spiro atoms. The van der Waals surface area contributed by atoms with E-state index >= 15 is 0 Å². The number of aromatic nitrogens is 4. The second-order valence-corrected chi connectivity index (χ2v) is 5.25. The molecule has 0 atom stereocenters. The quantitative estimate of drug-likeness (QED) is 0.583. The van der Waals surface area contributed by atoms with Gasteiger partial charge in [0, 0.05) is 23.5 Å². The Morgan fingerprint density at radius 3 is 2.12 bits per heavy atom. The van der Waals surface area contributed by atoms with Crippen molar-refractivity contribution in [3.05, 3.63) is 79.1 Å². The molecule has 2 aromatic carbocycles. The molecular formula is C19H13N4O-. The summed E-state index contributed by atoms with van der Waals surface area (Å²) < 4.78 is 1.88. The Labute approximate surface area is 138 Å². The monoisotopic (exact) mass is 313 g/mol. The van der Waals surface area contributed by atoms with Gasteiger partial charge in [0.25, 0.3) is 0 Å². The lowest BCUT2D eigenvalue weighted by atomic mass is 10.1. The van der Waals surface area contributed by atoms with Crippen LogP contribution in [0.3, 0.4) is 0 Å². The van der Waals surface area contributed by atoms with Gasteiger partial charge >= 0.3 is 0 Å². The number of rotatable bonds is 3. The molecule has 116 valence electrons. The van der Waals surface area contributed by atoms with Crippen LogP contribution in [0.4, 0.5) is 0 Å². The second kappa shape index (κ2) is 5.96. The molecule has 0 aliphatic rings. The molecule has 24 heavy (non-hydrogen) atoms. The van der Waals surface area contributed by atoms with E-state index in [1.54, 1.807) is 24.5 Å². The molecule has 0 bridgehead atoms. The van der Waals surface area contributed by atoms with E-state index in [1.165, 1.54) is 6.07 Å². The average molecular weight is 313 g/mol. The molecule has 0 saturated carbocycles. The molecule has 0 radical (unpaired) electrons. The highest BCUT2D eigenvalue weighted by Crippen LogP contribution is 2.31. The van der Waals surface area contributed by atoms with E-state index in [4.69, 9.17) is 0 Å². The van der Waals surface area contributed by atoms with Crippen molar-refractivity contribution >= 4 is 0 Å². The van der Waals surface area contributed by atoms with Crippen molar-refractivity contribution in [2.75, 3.05) is 0 Å². The van der Waals surface area contributed by atoms with Crippen molar-refractivity contribution in [3.8, 4) is 34.2 Å². The van der Waals surface area contributed by atoms with E-state index < -0.39 is 0 Å². The van der Waals surface area contributed by atoms with Crippen molar-refractivity contribution in [3.63, 3.8) is 0 Å². The van der Waals surface area contributed by atoms with Crippen LogP contribution in [0.1, 0.15) is 0 Å². The number of hydrogen-bond donors (Lipinski definition) is 0. The Bertz CT molecular complexity index is 965. The summed E-state index contributed by atoms with van der Waals surface area (Å²) in [5, 5.41) is 20.9. The number of para-hydroxylation sites is 1. The van der Waals surface area contributed by atoms with Gasteiger partial charge < -0.3 is 5.11 Å². The molecule has 0 aliphatic carbocycles. The van der Waals surface area contributed by atoms with Crippen LogP contribution >= 0.6 is 0 Å². The predicted octanol–water partition coefficient (Wildman–Crippen LogP) is 3.07. The van der Waals surface area contributed by atoms with Crippen LogP contribution in [0, 0.1) is 0 Å². The zero-order chi connectivity index (χ0) is 16.4. The highest BCUT2D eigenvalue weighted by Gasteiger charge is 2.17. The smallest absolute Gasteiger partial charge is 0.168 e. The van der Waals surface area contributed by atoms with Gasteiger partial charge in [0.2, 0.25) is 0 Å². The van der Waals surface area contributed by atoms with Gasteiger partial charge in [-0.1, -0.05) is 60.3 Å². The molecule has 0 fully saturated rings. The summed E-state index contributed by atoms with van der Waals surface area (Å²) in [7, 11) is 0. The molecular weight excluding hydrogens is 300 g/mol. The summed E-state index contributed by atoms with van der Waals surface area (Å²) >= 11 is 0. The van der Waals surface area contributed by atoms with Gasteiger partial charge in [-0.3, -0.25) is 9.55 Å². The molecule has 0 aliphatic heterocycles. The van der Waals surface area contributed by atoms with Crippen LogP contribution in [0.25, 0.3) is 28.5 Å². The summed E-state index contributed by atoms with van der Waals surface area (Å²) in [6.45, 7) is 0. The van der Waals surface area contributed by atoms with Crippen LogP contribution in [0.15, 0.2) is 79.1 Å². The summed E-state index contributed by atoms with van der Waals surface area (Å²) in [6, 6.07) is 20.3. The highest BCUT2D eigenvalue weighted by molar-refractivity contribution is 5.70. The molecule has 0 unspecified atom stereocenters. The van der Waals surface area contributed by atoms with Crippen molar-refractivity contribution in [1.82, 2.24) is 19.7 Å². The van der Waals surface area contributed by atoms with Crippen LogP contribution in [0.5, 0.6) is 5.75 Å². The first kappa shape index (κ1) is 14.1. The Kier molecular flexibility index (Phi) is 3.51.